The Morgan fingerprint density at radius 1 is 1.10 bits per heavy atom. The molecule has 7 nitrogen and oxygen atoms in total. The smallest absolute Gasteiger partial charge is 0.270 e. The summed E-state index contributed by atoms with van der Waals surface area (Å²) >= 11 is 6.01. The molecule has 1 fully saturated rings. The van der Waals surface area contributed by atoms with Crippen LogP contribution in [-0.4, -0.2) is 66.4 Å². The van der Waals surface area contributed by atoms with Crippen LogP contribution in [-0.2, 0) is 4.79 Å². The summed E-state index contributed by atoms with van der Waals surface area (Å²) in [5.41, 5.74) is 2.14. The Morgan fingerprint density at radius 2 is 1.87 bits per heavy atom. The molecule has 1 aliphatic heterocycles. The number of hydrogen-bond donors (Lipinski definition) is 2. The van der Waals surface area contributed by atoms with Gasteiger partial charge in [-0.05, 0) is 30.3 Å². The molecule has 0 aliphatic carbocycles. The maximum atomic E-state index is 12.8. The summed E-state index contributed by atoms with van der Waals surface area (Å²) in [7, 11) is 1.55. The number of nitrogens with one attached hydrogen (secondary N) is 2. The van der Waals surface area contributed by atoms with Gasteiger partial charge in [-0.3, -0.25) is 14.5 Å². The number of hydrogen-bond acceptors (Lipinski definition) is 4. The molecule has 2 heterocycles. The van der Waals surface area contributed by atoms with Crippen LogP contribution in [0.3, 0.4) is 0 Å². The summed E-state index contributed by atoms with van der Waals surface area (Å²) in [5, 5.41) is 4.43. The van der Waals surface area contributed by atoms with Crippen LogP contribution in [0, 0.1) is 0 Å². The largest absolute Gasteiger partial charge is 0.495 e. The van der Waals surface area contributed by atoms with Crippen molar-refractivity contribution >= 4 is 40.0 Å². The number of aromatic nitrogens is 1. The van der Waals surface area contributed by atoms with Gasteiger partial charge in [0.05, 0.1) is 12.8 Å². The number of nitrogens with zero attached hydrogens (tertiary/aromatic N) is 2. The van der Waals surface area contributed by atoms with Crippen molar-refractivity contribution in [2.75, 3.05) is 45.2 Å². The normalized spacial score (nSPS) is 14.6. The minimum atomic E-state index is -0.0999. The van der Waals surface area contributed by atoms with Crippen molar-refractivity contribution in [3.63, 3.8) is 0 Å². The first-order valence-corrected chi connectivity index (χ1v) is 10.6. The number of anilines is 1. The second-order valence-electron chi connectivity index (χ2n) is 7.55. The second kappa shape index (κ2) is 9.41. The highest BCUT2D eigenvalue weighted by Gasteiger charge is 2.23. The predicted octanol–water partition coefficient (Wildman–Crippen LogP) is 3.62. The van der Waals surface area contributed by atoms with Crippen LogP contribution in [0.5, 0.6) is 5.75 Å². The Hall–Kier alpha value is -3.03. The highest BCUT2D eigenvalue weighted by molar-refractivity contribution is 6.31. The number of piperazine rings is 1. The van der Waals surface area contributed by atoms with Crippen LogP contribution in [0.4, 0.5) is 5.69 Å². The van der Waals surface area contributed by atoms with Crippen molar-refractivity contribution in [2.45, 2.75) is 6.42 Å². The molecule has 4 rings (SSSR count). The van der Waals surface area contributed by atoms with Gasteiger partial charge in [-0.15, -0.1) is 0 Å². The molecule has 1 saturated heterocycles. The van der Waals surface area contributed by atoms with E-state index in [-0.39, 0.29) is 11.8 Å². The van der Waals surface area contributed by atoms with E-state index in [9.17, 15) is 9.59 Å². The van der Waals surface area contributed by atoms with Gasteiger partial charge >= 0.3 is 0 Å². The zero-order chi connectivity index (χ0) is 21.8. The molecule has 2 amide bonds. The number of fused-ring (bicyclic) bond motifs is 1. The van der Waals surface area contributed by atoms with E-state index in [1.165, 1.54) is 0 Å². The highest BCUT2D eigenvalue weighted by Crippen LogP contribution is 2.27. The third kappa shape index (κ3) is 5.00. The Kier molecular flexibility index (Phi) is 6.44. The van der Waals surface area contributed by atoms with E-state index in [0.29, 0.717) is 48.2 Å². The number of ether oxygens (including phenoxy) is 1. The first-order chi connectivity index (χ1) is 15.0. The molecular weight excluding hydrogens is 416 g/mol. The monoisotopic (exact) mass is 440 g/mol. The number of carbonyl (C=O) groups is 2. The van der Waals surface area contributed by atoms with Crippen molar-refractivity contribution in [3.05, 3.63) is 59.2 Å². The van der Waals surface area contributed by atoms with E-state index in [2.05, 4.69) is 15.2 Å². The molecule has 3 aromatic rings. The lowest BCUT2D eigenvalue weighted by atomic mass is 10.2. The summed E-state index contributed by atoms with van der Waals surface area (Å²) in [6.45, 7) is 3.37. The number of benzene rings is 2. The van der Waals surface area contributed by atoms with Gasteiger partial charge in [0, 0.05) is 55.1 Å². The van der Waals surface area contributed by atoms with E-state index < -0.39 is 0 Å². The highest BCUT2D eigenvalue weighted by atomic mass is 35.5. The molecule has 0 unspecified atom stereocenters. The van der Waals surface area contributed by atoms with Gasteiger partial charge in [-0.25, -0.2) is 0 Å². The zero-order valence-corrected chi connectivity index (χ0v) is 18.1. The molecule has 2 aromatic carbocycles. The number of rotatable bonds is 6. The number of H-pyrrole nitrogens is 1. The Labute approximate surface area is 185 Å². The average molecular weight is 441 g/mol. The van der Waals surface area contributed by atoms with Crippen molar-refractivity contribution in [2.24, 2.45) is 0 Å². The van der Waals surface area contributed by atoms with Crippen molar-refractivity contribution < 1.29 is 14.3 Å². The average Bonchev–Trinajstić information content (AvgIpc) is 3.22. The maximum Gasteiger partial charge on any atom is 0.270 e. The van der Waals surface area contributed by atoms with Gasteiger partial charge in [-0.1, -0.05) is 29.8 Å². The lowest BCUT2D eigenvalue weighted by Crippen LogP contribution is -2.49. The Bertz CT molecular complexity index is 1060. The second-order valence-corrected chi connectivity index (χ2v) is 7.98. The summed E-state index contributed by atoms with van der Waals surface area (Å²) in [5.74, 6) is 0.487. The van der Waals surface area contributed by atoms with Gasteiger partial charge in [0.1, 0.15) is 11.4 Å². The van der Waals surface area contributed by atoms with Gasteiger partial charge in [0.15, 0.2) is 0 Å². The van der Waals surface area contributed by atoms with E-state index >= 15 is 0 Å². The molecule has 0 spiro atoms. The van der Waals surface area contributed by atoms with Crippen molar-refractivity contribution in [1.29, 1.82) is 0 Å². The lowest BCUT2D eigenvalue weighted by molar-refractivity contribution is -0.116. The van der Waals surface area contributed by atoms with Crippen LogP contribution in [0.15, 0.2) is 48.5 Å². The number of aromatic amines is 1. The minimum absolute atomic E-state index is 0.0154. The van der Waals surface area contributed by atoms with Crippen LogP contribution >= 0.6 is 11.6 Å². The Balaban J connectivity index is 1.26. The minimum Gasteiger partial charge on any atom is -0.495 e. The molecular formula is C23H25ClN4O3. The number of halogens is 1. The fourth-order valence-corrected chi connectivity index (χ4v) is 3.96. The first kappa shape index (κ1) is 21.2. The van der Waals surface area contributed by atoms with Crippen LogP contribution in [0.25, 0.3) is 10.9 Å². The number of carbonyl (C=O) groups excluding carboxylic acids is 2. The van der Waals surface area contributed by atoms with Crippen LogP contribution in [0.1, 0.15) is 16.9 Å². The molecule has 31 heavy (non-hydrogen) atoms. The lowest BCUT2D eigenvalue weighted by Gasteiger charge is -2.34. The Morgan fingerprint density at radius 3 is 2.61 bits per heavy atom. The number of methoxy groups -OCH3 is 1. The molecule has 2 N–H and O–H groups in total. The first-order valence-electron chi connectivity index (χ1n) is 10.3. The number of amides is 2. The van der Waals surface area contributed by atoms with Gasteiger partial charge < -0.3 is 19.9 Å². The molecule has 0 atom stereocenters. The summed E-state index contributed by atoms with van der Waals surface area (Å²) < 4.78 is 5.26. The molecule has 1 aromatic heterocycles. The topological polar surface area (TPSA) is 77.7 Å². The van der Waals surface area contributed by atoms with Gasteiger partial charge in [0.2, 0.25) is 5.91 Å². The van der Waals surface area contributed by atoms with Crippen LogP contribution < -0.4 is 10.1 Å². The molecule has 162 valence electrons. The molecule has 0 bridgehead atoms. The molecule has 0 radical (unpaired) electrons. The van der Waals surface area contributed by atoms with E-state index in [1.54, 1.807) is 25.3 Å². The summed E-state index contributed by atoms with van der Waals surface area (Å²) in [4.78, 5) is 32.5. The summed E-state index contributed by atoms with van der Waals surface area (Å²) in [6, 6.07) is 14.9. The van der Waals surface area contributed by atoms with Crippen LogP contribution in [0.2, 0.25) is 5.02 Å². The van der Waals surface area contributed by atoms with Crippen molar-refractivity contribution in [1.82, 2.24) is 14.8 Å². The predicted molar refractivity (Wildman–Crippen MR) is 122 cm³/mol. The van der Waals surface area contributed by atoms with Crippen molar-refractivity contribution in [3.8, 4) is 5.75 Å². The molecule has 0 saturated carbocycles. The standard InChI is InChI=1S/C23H25ClN4O3/c1-31-21-7-6-17(24)15-19(21)26-22(29)8-9-27-10-12-28(13-11-27)23(30)20-14-16-4-2-3-5-18(16)25-20/h2-7,14-15,25H,8-13H2,1H3,(H,26,29). The van der Waals surface area contributed by atoms with E-state index in [0.717, 1.165) is 24.0 Å². The maximum absolute atomic E-state index is 12.8. The quantitative estimate of drug-likeness (QED) is 0.613. The zero-order valence-electron chi connectivity index (χ0n) is 17.4. The van der Waals surface area contributed by atoms with Gasteiger partial charge in [-0.2, -0.15) is 0 Å². The number of para-hydroxylation sites is 1. The summed E-state index contributed by atoms with van der Waals surface area (Å²) in [6.07, 6.45) is 0.353. The SMILES string of the molecule is COc1ccc(Cl)cc1NC(=O)CCN1CCN(C(=O)c2cc3ccccc3[nH]2)CC1. The fourth-order valence-electron chi connectivity index (χ4n) is 3.78. The fraction of sp³-hybridized carbons (Fsp3) is 0.304. The molecule has 8 heteroatoms. The van der Waals surface area contributed by atoms with E-state index in [4.69, 9.17) is 16.3 Å². The van der Waals surface area contributed by atoms with Gasteiger partial charge in [0.25, 0.3) is 5.91 Å². The molecule has 1 aliphatic rings. The third-order valence-corrected chi connectivity index (χ3v) is 5.75. The van der Waals surface area contributed by atoms with E-state index in [1.807, 2.05) is 35.2 Å². The third-order valence-electron chi connectivity index (χ3n) is 5.51.